The summed E-state index contributed by atoms with van der Waals surface area (Å²) in [5.41, 5.74) is 1.55. The molecule has 2 fully saturated rings. The number of hydrogen-bond donors (Lipinski definition) is 1. The summed E-state index contributed by atoms with van der Waals surface area (Å²) in [6.07, 6.45) is 7.16. The molecule has 2 saturated heterocycles. The maximum Gasteiger partial charge on any atom is 0.225 e. The van der Waals surface area contributed by atoms with Gasteiger partial charge in [-0.05, 0) is 70.3 Å². The molecule has 0 bridgehead atoms. The summed E-state index contributed by atoms with van der Waals surface area (Å²) in [5.74, 6) is -0.311. The van der Waals surface area contributed by atoms with Gasteiger partial charge in [0.1, 0.15) is 11.6 Å². The lowest BCUT2D eigenvalue weighted by Crippen LogP contribution is -2.38. The molecule has 1 N–H and O–H groups in total. The molecule has 2 aliphatic rings. The molecular formula is C34H32ClFN8O. The number of rotatable bonds is 6. The van der Waals surface area contributed by atoms with E-state index < -0.39 is 5.82 Å². The Balaban J connectivity index is 1.46. The Morgan fingerprint density at radius 1 is 1.29 bits per heavy atom. The zero-order valence-electron chi connectivity index (χ0n) is 25.1. The highest BCUT2D eigenvalue weighted by Gasteiger charge is 2.31. The normalized spacial score (nSPS) is 21.2. The minimum atomic E-state index is -0.630. The van der Waals surface area contributed by atoms with Crippen LogP contribution in [-0.2, 0) is 0 Å². The van der Waals surface area contributed by atoms with Crippen molar-refractivity contribution in [1.82, 2.24) is 30.0 Å². The highest BCUT2D eigenvalue weighted by molar-refractivity contribution is 6.35. The number of ether oxygens (including phenoxy) is 1. The largest absolute Gasteiger partial charge is 0.472 e. The number of aromatic nitrogens is 4. The van der Waals surface area contributed by atoms with Crippen molar-refractivity contribution >= 4 is 49.9 Å². The Morgan fingerprint density at radius 2 is 2.16 bits per heavy atom. The second-order valence-electron chi connectivity index (χ2n) is 12.1. The van der Waals surface area contributed by atoms with Gasteiger partial charge in [0.2, 0.25) is 5.88 Å². The van der Waals surface area contributed by atoms with Crippen molar-refractivity contribution in [2.24, 2.45) is 0 Å². The lowest BCUT2D eigenvalue weighted by molar-refractivity contribution is 0.119. The SMILES string of the molecule is [C-]#[N+]c1cccc2ccnc(-c3c(Cl)cc4c(nc(O[C@@H](C)[C@@H]5CCCN5C)c5cnn([C@H]6CCN[C@H](CC#N)C6)c54)c3F)c12. The van der Waals surface area contributed by atoms with E-state index in [-0.39, 0.29) is 40.3 Å². The Hall–Kier alpha value is -4.35. The van der Waals surface area contributed by atoms with Crippen LogP contribution in [-0.4, -0.2) is 63.0 Å². The summed E-state index contributed by atoms with van der Waals surface area (Å²) in [6, 6.07) is 11.4. The summed E-state index contributed by atoms with van der Waals surface area (Å²) in [5, 5.41) is 20.2. The van der Waals surface area contributed by atoms with Crippen molar-refractivity contribution in [3.8, 4) is 23.2 Å². The Kier molecular flexibility index (Phi) is 7.74. The van der Waals surface area contributed by atoms with E-state index in [2.05, 4.69) is 33.2 Å². The first-order valence-electron chi connectivity index (χ1n) is 15.3. The molecule has 0 unspecified atom stereocenters. The first-order valence-corrected chi connectivity index (χ1v) is 15.7. The van der Waals surface area contributed by atoms with Crippen molar-refractivity contribution in [2.75, 3.05) is 20.1 Å². The van der Waals surface area contributed by atoms with Crippen LogP contribution in [0.3, 0.4) is 0 Å². The number of fused-ring (bicyclic) bond motifs is 4. The summed E-state index contributed by atoms with van der Waals surface area (Å²) in [7, 11) is 2.09. The van der Waals surface area contributed by atoms with Crippen LogP contribution in [0.25, 0.3) is 48.7 Å². The average Bonchev–Trinajstić information content (AvgIpc) is 3.69. The van der Waals surface area contributed by atoms with Crippen LogP contribution >= 0.6 is 11.6 Å². The van der Waals surface area contributed by atoms with E-state index in [0.29, 0.717) is 51.8 Å². The van der Waals surface area contributed by atoms with Crippen molar-refractivity contribution in [1.29, 1.82) is 5.26 Å². The molecule has 3 aromatic heterocycles. The maximum absolute atomic E-state index is 17.0. The van der Waals surface area contributed by atoms with Gasteiger partial charge in [-0.3, -0.25) is 14.6 Å². The standard InChI is InChI=1S/C34H32ClFN8O/c1-19(27-8-5-15-43(27)3)45-34-24-18-41-44(22-11-14-39-21(16-22)9-12-37)33(24)23-17-25(35)29(30(36)31(23)42-34)32-28-20(10-13-40-32)6-4-7-26(28)38-2/h4,6-7,10,13,17-19,21-22,27,39H,5,8-9,11,14-16H2,1,3H3/t19-,21+,22-,27-/m0/s1. The van der Waals surface area contributed by atoms with Crippen LogP contribution in [0, 0.1) is 23.7 Å². The molecule has 0 spiro atoms. The third-order valence-corrected chi connectivity index (χ3v) is 9.68. The number of likely N-dealkylation sites (tertiary alicyclic amines) is 1. The van der Waals surface area contributed by atoms with Crippen LogP contribution in [0.15, 0.2) is 42.7 Å². The van der Waals surface area contributed by atoms with Crippen molar-refractivity contribution in [3.63, 3.8) is 0 Å². The van der Waals surface area contributed by atoms with Gasteiger partial charge in [0.05, 0.1) is 58.5 Å². The second-order valence-corrected chi connectivity index (χ2v) is 12.5. The van der Waals surface area contributed by atoms with E-state index in [1.165, 1.54) is 0 Å². The minimum Gasteiger partial charge on any atom is -0.472 e. The zero-order chi connectivity index (χ0) is 31.2. The number of piperidine rings is 1. The van der Waals surface area contributed by atoms with E-state index in [1.807, 2.05) is 17.7 Å². The van der Waals surface area contributed by atoms with E-state index >= 15 is 4.39 Å². The molecule has 0 saturated carbocycles. The predicted octanol–water partition coefficient (Wildman–Crippen LogP) is 7.21. The van der Waals surface area contributed by atoms with Crippen molar-refractivity contribution in [2.45, 2.75) is 63.3 Å². The van der Waals surface area contributed by atoms with Gasteiger partial charge < -0.3 is 10.1 Å². The minimum absolute atomic E-state index is 0.0126. The van der Waals surface area contributed by atoms with E-state index in [1.54, 1.807) is 36.7 Å². The van der Waals surface area contributed by atoms with Crippen LogP contribution in [0.2, 0.25) is 5.02 Å². The summed E-state index contributed by atoms with van der Waals surface area (Å²) in [4.78, 5) is 15.3. The van der Waals surface area contributed by atoms with Crippen LogP contribution in [0.5, 0.6) is 5.88 Å². The molecule has 4 atom stereocenters. The molecule has 9 nitrogen and oxygen atoms in total. The Bertz CT molecular complexity index is 2030. The molecule has 7 rings (SSSR count). The van der Waals surface area contributed by atoms with E-state index in [0.717, 1.165) is 37.7 Å². The van der Waals surface area contributed by atoms with Gasteiger partial charge in [-0.25, -0.2) is 14.2 Å². The fraction of sp³-hybridized carbons (Fsp3) is 0.382. The van der Waals surface area contributed by atoms with Gasteiger partial charge in [0.25, 0.3) is 0 Å². The predicted molar refractivity (Wildman–Crippen MR) is 173 cm³/mol. The van der Waals surface area contributed by atoms with Gasteiger partial charge in [0.15, 0.2) is 11.5 Å². The number of benzene rings is 2. The van der Waals surface area contributed by atoms with Gasteiger partial charge >= 0.3 is 0 Å². The molecule has 0 aliphatic carbocycles. The Labute approximate surface area is 265 Å². The molecular weight excluding hydrogens is 591 g/mol. The first-order chi connectivity index (χ1) is 21.9. The third kappa shape index (κ3) is 5.04. The van der Waals surface area contributed by atoms with Gasteiger partial charge in [-0.1, -0.05) is 29.8 Å². The fourth-order valence-corrected chi connectivity index (χ4v) is 7.46. The molecule has 228 valence electrons. The smallest absolute Gasteiger partial charge is 0.225 e. The highest BCUT2D eigenvalue weighted by atomic mass is 35.5. The van der Waals surface area contributed by atoms with Crippen LogP contribution in [0.4, 0.5) is 10.1 Å². The molecule has 0 radical (unpaired) electrons. The molecule has 5 heterocycles. The second kappa shape index (κ2) is 11.9. The van der Waals surface area contributed by atoms with Crippen LogP contribution in [0.1, 0.15) is 45.1 Å². The molecule has 11 heteroatoms. The lowest BCUT2D eigenvalue weighted by Gasteiger charge is -2.30. The lowest BCUT2D eigenvalue weighted by atomic mass is 9.97. The highest BCUT2D eigenvalue weighted by Crippen LogP contribution is 2.44. The number of halogens is 2. The zero-order valence-corrected chi connectivity index (χ0v) is 25.9. The third-order valence-electron chi connectivity index (χ3n) is 9.38. The first kappa shape index (κ1) is 29.4. The van der Waals surface area contributed by atoms with Gasteiger partial charge in [0, 0.05) is 29.1 Å². The number of nitriles is 1. The Morgan fingerprint density at radius 3 is 2.93 bits per heavy atom. The van der Waals surface area contributed by atoms with E-state index in [9.17, 15) is 5.26 Å². The molecule has 2 aliphatic heterocycles. The molecule has 0 amide bonds. The summed E-state index contributed by atoms with van der Waals surface area (Å²) >= 11 is 6.94. The average molecular weight is 623 g/mol. The monoisotopic (exact) mass is 622 g/mol. The van der Waals surface area contributed by atoms with Gasteiger partial charge in [-0.2, -0.15) is 10.4 Å². The number of pyridine rings is 2. The maximum atomic E-state index is 17.0. The molecule has 45 heavy (non-hydrogen) atoms. The van der Waals surface area contributed by atoms with Crippen molar-refractivity contribution in [3.05, 3.63) is 65.0 Å². The van der Waals surface area contributed by atoms with Crippen LogP contribution < -0.4 is 10.1 Å². The molecule has 2 aromatic carbocycles. The topological polar surface area (TPSA) is 96.2 Å². The number of hydrogen-bond acceptors (Lipinski definition) is 7. The van der Waals surface area contributed by atoms with Crippen molar-refractivity contribution < 1.29 is 9.13 Å². The summed E-state index contributed by atoms with van der Waals surface area (Å²) in [6.45, 7) is 11.5. The van der Waals surface area contributed by atoms with Gasteiger partial charge in [-0.15, -0.1) is 0 Å². The summed E-state index contributed by atoms with van der Waals surface area (Å²) < 4.78 is 25.5. The molecule has 5 aromatic rings. The quantitative estimate of drug-likeness (QED) is 0.200. The number of nitrogens with one attached hydrogen (secondary N) is 1. The fourth-order valence-electron chi connectivity index (χ4n) is 7.18. The number of nitrogens with zero attached hydrogens (tertiary/aromatic N) is 7. The number of likely N-dealkylation sites (N-methyl/N-ethyl adjacent to an activating group) is 1. The van der Waals surface area contributed by atoms with E-state index in [4.69, 9.17) is 33.0 Å².